The van der Waals surface area contributed by atoms with Crippen molar-refractivity contribution in [3.8, 4) is 0 Å². The van der Waals surface area contributed by atoms with Crippen molar-refractivity contribution in [2.24, 2.45) is 5.92 Å². The van der Waals surface area contributed by atoms with Gasteiger partial charge in [0.1, 0.15) is 5.78 Å². The molecule has 0 aromatic heterocycles. The van der Waals surface area contributed by atoms with Gasteiger partial charge in [-0.05, 0) is 25.3 Å². The molecule has 3 fully saturated rings. The van der Waals surface area contributed by atoms with Gasteiger partial charge in [0.05, 0.1) is 0 Å². The molecule has 0 N–H and O–H groups in total. The van der Waals surface area contributed by atoms with Crippen LogP contribution < -0.4 is 0 Å². The number of benzene rings is 1. The molecule has 1 aromatic carbocycles. The summed E-state index contributed by atoms with van der Waals surface area (Å²) in [6, 6.07) is 8.70. The van der Waals surface area contributed by atoms with Crippen LogP contribution in [0.4, 0.5) is 0 Å². The second-order valence-electron chi connectivity index (χ2n) is 4.89. The molecular formula is C13H14O. The molecule has 14 heavy (non-hydrogen) atoms. The van der Waals surface area contributed by atoms with E-state index >= 15 is 0 Å². The molecule has 0 saturated heterocycles. The largest absolute Gasteiger partial charge is 0.299 e. The SMILES string of the molecule is Cc1ccc(C23CC(=O)C(C2)C3)cc1. The van der Waals surface area contributed by atoms with Gasteiger partial charge in [-0.3, -0.25) is 4.79 Å². The van der Waals surface area contributed by atoms with Gasteiger partial charge in [0.25, 0.3) is 0 Å². The molecule has 72 valence electrons. The number of Topliss-reactive ketones (excluding diaryl/α,β-unsaturated/α-hetero) is 1. The second-order valence-corrected chi connectivity index (χ2v) is 4.89. The monoisotopic (exact) mass is 186 g/mol. The van der Waals surface area contributed by atoms with Gasteiger partial charge in [-0.15, -0.1) is 0 Å². The molecular weight excluding hydrogens is 172 g/mol. The zero-order valence-electron chi connectivity index (χ0n) is 8.42. The van der Waals surface area contributed by atoms with E-state index < -0.39 is 0 Å². The molecule has 0 amide bonds. The lowest BCUT2D eigenvalue weighted by Gasteiger charge is -2.37. The highest BCUT2D eigenvalue weighted by molar-refractivity contribution is 5.89. The van der Waals surface area contributed by atoms with Gasteiger partial charge < -0.3 is 0 Å². The van der Waals surface area contributed by atoms with Crippen LogP contribution in [0.5, 0.6) is 0 Å². The topological polar surface area (TPSA) is 17.1 Å². The molecule has 0 aliphatic heterocycles. The summed E-state index contributed by atoms with van der Waals surface area (Å²) in [4.78, 5) is 11.5. The van der Waals surface area contributed by atoms with Crippen molar-refractivity contribution in [3.05, 3.63) is 35.4 Å². The third-order valence-electron chi connectivity index (χ3n) is 3.91. The smallest absolute Gasteiger partial charge is 0.136 e. The van der Waals surface area contributed by atoms with Gasteiger partial charge >= 0.3 is 0 Å². The number of carbonyl (C=O) groups is 1. The van der Waals surface area contributed by atoms with Crippen LogP contribution in [-0.4, -0.2) is 5.78 Å². The summed E-state index contributed by atoms with van der Waals surface area (Å²) in [6.07, 6.45) is 3.00. The summed E-state index contributed by atoms with van der Waals surface area (Å²) in [7, 11) is 0. The number of ketones is 1. The molecule has 4 rings (SSSR count). The molecule has 0 heterocycles. The lowest BCUT2D eigenvalue weighted by Crippen LogP contribution is -2.32. The van der Waals surface area contributed by atoms with E-state index in [1.807, 2.05) is 0 Å². The standard InChI is InChI=1S/C13H14O/c1-9-2-4-11(5-3-9)13-6-10(7-13)12(14)8-13/h2-5,10H,6-8H2,1H3. The Hall–Kier alpha value is -1.11. The lowest BCUT2D eigenvalue weighted by atomic mass is 9.65. The number of hydrogen-bond donors (Lipinski definition) is 0. The quantitative estimate of drug-likeness (QED) is 0.659. The first-order chi connectivity index (χ1) is 6.70. The maximum atomic E-state index is 11.5. The molecule has 0 atom stereocenters. The van der Waals surface area contributed by atoms with Gasteiger partial charge in [0.15, 0.2) is 0 Å². The third kappa shape index (κ3) is 0.927. The molecule has 1 nitrogen and oxygen atoms in total. The van der Waals surface area contributed by atoms with Gasteiger partial charge in [-0.2, -0.15) is 0 Å². The number of fused-ring (bicyclic) bond motifs is 1. The van der Waals surface area contributed by atoms with Crippen LogP contribution in [0, 0.1) is 12.8 Å². The summed E-state index contributed by atoms with van der Waals surface area (Å²) < 4.78 is 0. The van der Waals surface area contributed by atoms with E-state index in [1.165, 1.54) is 11.1 Å². The fraction of sp³-hybridized carbons (Fsp3) is 0.462. The minimum absolute atomic E-state index is 0.245. The average molecular weight is 186 g/mol. The number of carbonyl (C=O) groups excluding carboxylic acids is 1. The van der Waals surface area contributed by atoms with E-state index in [0.717, 1.165) is 19.3 Å². The van der Waals surface area contributed by atoms with Crippen LogP contribution in [0.1, 0.15) is 30.4 Å². The first kappa shape index (κ1) is 8.22. The summed E-state index contributed by atoms with van der Waals surface area (Å²) >= 11 is 0. The Bertz CT molecular complexity index is 382. The van der Waals surface area contributed by atoms with Crippen molar-refractivity contribution in [2.75, 3.05) is 0 Å². The molecule has 3 aliphatic carbocycles. The highest BCUT2D eigenvalue weighted by Gasteiger charge is 2.56. The Labute approximate surface area is 84.1 Å². The van der Waals surface area contributed by atoms with Crippen LogP contribution in [-0.2, 0) is 10.2 Å². The Kier molecular flexibility index (Phi) is 1.45. The van der Waals surface area contributed by atoms with Crippen molar-refractivity contribution >= 4 is 5.78 Å². The number of aryl methyl sites for hydroxylation is 1. The summed E-state index contributed by atoms with van der Waals surface area (Å²) in [5.41, 5.74) is 2.92. The van der Waals surface area contributed by atoms with Crippen molar-refractivity contribution in [1.29, 1.82) is 0 Å². The van der Waals surface area contributed by atoms with E-state index in [-0.39, 0.29) is 5.41 Å². The number of hydrogen-bond acceptors (Lipinski definition) is 1. The van der Waals surface area contributed by atoms with Crippen molar-refractivity contribution in [3.63, 3.8) is 0 Å². The van der Waals surface area contributed by atoms with Crippen molar-refractivity contribution < 1.29 is 4.79 Å². The zero-order valence-corrected chi connectivity index (χ0v) is 8.42. The highest BCUT2D eigenvalue weighted by atomic mass is 16.1. The first-order valence-corrected chi connectivity index (χ1v) is 5.29. The van der Waals surface area contributed by atoms with Gasteiger partial charge in [-0.1, -0.05) is 29.8 Å². The molecule has 0 spiro atoms. The fourth-order valence-corrected chi connectivity index (χ4v) is 2.98. The number of rotatable bonds is 1. The molecule has 1 aromatic rings. The van der Waals surface area contributed by atoms with E-state index in [2.05, 4.69) is 31.2 Å². The van der Waals surface area contributed by atoms with Crippen LogP contribution in [0.3, 0.4) is 0 Å². The van der Waals surface area contributed by atoms with Crippen LogP contribution in [0.25, 0.3) is 0 Å². The highest BCUT2D eigenvalue weighted by Crippen LogP contribution is 2.57. The van der Waals surface area contributed by atoms with Crippen LogP contribution in [0.2, 0.25) is 0 Å². The minimum Gasteiger partial charge on any atom is -0.299 e. The van der Waals surface area contributed by atoms with Crippen LogP contribution in [0.15, 0.2) is 24.3 Å². The second kappa shape index (κ2) is 2.47. The van der Waals surface area contributed by atoms with Crippen LogP contribution >= 0.6 is 0 Å². The first-order valence-electron chi connectivity index (χ1n) is 5.29. The van der Waals surface area contributed by atoms with E-state index in [1.54, 1.807) is 0 Å². The maximum Gasteiger partial charge on any atom is 0.136 e. The fourth-order valence-electron chi connectivity index (χ4n) is 2.98. The van der Waals surface area contributed by atoms with Gasteiger partial charge in [0, 0.05) is 17.8 Å². The molecule has 1 heteroatoms. The normalized spacial score (nSPS) is 34.4. The predicted octanol–water partition coefficient (Wildman–Crippen LogP) is 2.62. The molecule has 2 bridgehead atoms. The Morgan fingerprint density at radius 3 is 2.36 bits per heavy atom. The van der Waals surface area contributed by atoms with Crippen molar-refractivity contribution in [1.82, 2.24) is 0 Å². The summed E-state index contributed by atoms with van der Waals surface area (Å²) in [5.74, 6) is 0.891. The van der Waals surface area contributed by atoms with Crippen molar-refractivity contribution in [2.45, 2.75) is 31.6 Å². The van der Waals surface area contributed by atoms with E-state index in [4.69, 9.17) is 0 Å². The molecule has 3 saturated carbocycles. The Balaban J connectivity index is 1.97. The maximum absolute atomic E-state index is 11.5. The van der Waals surface area contributed by atoms with E-state index in [0.29, 0.717) is 11.7 Å². The zero-order chi connectivity index (χ0) is 9.76. The average Bonchev–Trinajstić information content (AvgIpc) is 2.58. The Morgan fingerprint density at radius 1 is 1.21 bits per heavy atom. The van der Waals surface area contributed by atoms with E-state index in [9.17, 15) is 4.79 Å². The van der Waals surface area contributed by atoms with Gasteiger partial charge in [0.2, 0.25) is 0 Å². The minimum atomic E-state index is 0.245. The molecule has 0 radical (unpaired) electrons. The molecule has 3 aliphatic rings. The predicted molar refractivity (Wildman–Crippen MR) is 55.2 cm³/mol. The summed E-state index contributed by atoms with van der Waals surface area (Å²) in [6.45, 7) is 2.10. The Morgan fingerprint density at radius 2 is 1.86 bits per heavy atom. The van der Waals surface area contributed by atoms with Gasteiger partial charge in [-0.25, -0.2) is 0 Å². The summed E-state index contributed by atoms with van der Waals surface area (Å²) in [5, 5.41) is 0. The third-order valence-corrected chi connectivity index (χ3v) is 3.91. The molecule has 0 unspecified atom stereocenters. The lowest BCUT2D eigenvalue weighted by molar-refractivity contribution is -0.119.